The van der Waals surface area contributed by atoms with Gasteiger partial charge in [-0.15, -0.1) is 0 Å². The van der Waals surface area contributed by atoms with E-state index in [0.717, 1.165) is 57.8 Å². The van der Waals surface area contributed by atoms with Crippen LogP contribution in [0.5, 0.6) is 0 Å². The molecular weight excluding hydrogens is 1720 g/mol. The molecule has 0 aromatic heterocycles. The van der Waals surface area contributed by atoms with Gasteiger partial charge in [0.05, 0.1) is 84.3 Å². The molecule has 4 aliphatic rings. The number of likely N-dealkylation sites (tertiary alicyclic amines) is 1. The van der Waals surface area contributed by atoms with Gasteiger partial charge in [-0.3, -0.25) is 43.2 Å². The predicted molar refractivity (Wildman–Crippen MR) is 473 cm³/mol. The number of esters is 1. The summed E-state index contributed by atoms with van der Waals surface area (Å²) < 4.78 is 61.9. The van der Waals surface area contributed by atoms with E-state index in [9.17, 15) is 98.7 Å². The Hall–Kier alpha value is -5.61. The average molecular weight is 1870 g/mol. The number of rotatable bonds is 73. The summed E-state index contributed by atoms with van der Waals surface area (Å²) in [6.07, 6.45) is 3.46. The van der Waals surface area contributed by atoms with E-state index >= 15 is 0 Å². The van der Waals surface area contributed by atoms with Crippen molar-refractivity contribution in [2.45, 2.75) is 356 Å². The lowest BCUT2D eigenvalue weighted by atomic mass is 9.71. The van der Waals surface area contributed by atoms with Gasteiger partial charge in [0.25, 0.3) is 0 Å². The Morgan fingerprint density at radius 1 is 0.414 bits per heavy atom. The highest BCUT2D eigenvalue weighted by Crippen LogP contribution is 2.41. The van der Waals surface area contributed by atoms with Crippen molar-refractivity contribution < 1.29 is 151 Å². The quantitative estimate of drug-likeness (QED) is 0.0171. The first-order chi connectivity index (χ1) is 61.6. The van der Waals surface area contributed by atoms with Crippen LogP contribution in [0.3, 0.4) is 0 Å². The van der Waals surface area contributed by atoms with Crippen molar-refractivity contribution in [3.63, 3.8) is 0 Å². The number of carbonyl (C=O) groups is 11. The fourth-order valence-corrected chi connectivity index (χ4v) is 18.1. The molecule has 40 heteroatoms. The molecule has 16 unspecified atom stereocenters. The number of ether oxygens (including phenoxy) is 11. The van der Waals surface area contributed by atoms with Crippen LogP contribution >= 0.6 is 21.6 Å². The third-order valence-corrected chi connectivity index (χ3v) is 25.8. The number of alkyl carbamates (subject to hydrolysis) is 2. The van der Waals surface area contributed by atoms with Crippen molar-refractivity contribution in [3.8, 4) is 0 Å². The molecule has 0 aromatic rings. The second kappa shape index (κ2) is 68.4. The van der Waals surface area contributed by atoms with Crippen molar-refractivity contribution in [1.82, 2.24) is 36.8 Å². The number of unbranched alkanes of at least 4 members (excludes halogenated alkanes) is 12. The Labute approximate surface area is 762 Å². The van der Waals surface area contributed by atoms with Crippen LogP contribution in [0.25, 0.3) is 0 Å². The fraction of sp³-hybridized carbons (Fsp3) is 0.875. The average Bonchev–Trinajstić information content (AvgIpc) is 1.15. The first-order valence-electron chi connectivity index (χ1n) is 46.5. The highest BCUT2D eigenvalue weighted by atomic mass is 33.1. The molecule has 4 heterocycles. The van der Waals surface area contributed by atoms with Gasteiger partial charge >= 0.3 is 18.2 Å². The van der Waals surface area contributed by atoms with Gasteiger partial charge in [0.15, 0.2) is 18.9 Å². The Balaban J connectivity index is 1.27. The molecule has 18 atom stereocenters. The lowest BCUT2D eigenvalue weighted by molar-refractivity contribution is -0.282. The summed E-state index contributed by atoms with van der Waals surface area (Å²) >= 11 is 0. The van der Waals surface area contributed by atoms with E-state index < -0.39 is 141 Å². The van der Waals surface area contributed by atoms with Crippen molar-refractivity contribution in [2.24, 2.45) is 11.3 Å². The number of aliphatic hydroxyl groups excluding tert-OH is 9. The number of methoxy groups -OCH3 is 2. The van der Waals surface area contributed by atoms with Crippen molar-refractivity contribution in [3.05, 3.63) is 0 Å². The van der Waals surface area contributed by atoms with Gasteiger partial charge in [-0.2, -0.15) is 0 Å². The van der Waals surface area contributed by atoms with Crippen LogP contribution in [0, 0.1) is 11.3 Å². The number of nitrogens with one attached hydrogen (secondary N) is 6. The first-order valence-corrected chi connectivity index (χ1v) is 49.0. The summed E-state index contributed by atoms with van der Waals surface area (Å²) in [7, 11) is 6.40. The van der Waals surface area contributed by atoms with E-state index in [2.05, 4.69) is 31.9 Å². The van der Waals surface area contributed by atoms with Gasteiger partial charge in [0.2, 0.25) is 29.5 Å². The first kappa shape index (κ1) is 115. The number of nitrogens with zero attached hydrogens (tertiary/aromatic N) is 1. The largest absolute Gasteiger partial charge is 0.466 e. The Morgan fingerprint density at radius 2 is 0.812 bits per heavy atom. The molecule has 0 radical (unpaired) electrons. The minimum atomic E-state index is -1.45. The molecule has 128 heavy (non-hydrogen) atoms. The van der Waals surface area contributed by atoms with Crippen molar-refractivity contribution in [2.75, 3.05) is 125 Å². The lowest BCUT2D eigenvalue weighted by Crippen LogP contribution is -2.64. The summed E-state index contributed by atoms with van der Waals surface area (Å²) in [5, 5.41) is 107. The lowest BCUT2D eigenvalue weighted by Gasteiger charge is -2.42. The normalized spacial score (nSPS) is 24.5. The zero-order valence-electron chi connectivity index (χ0n) is 76.3. The van der Waals surface area contributed by atoms with Crippen molar-refractivity contribution in [1.29, 1.82) is 0 Å². The topological polar surface area (TPSA) is 547 Å². The van der Waals surface area contributed by atoms with Crippen molar-refractivity contribution >= 4 is 86.6 Å². The zero-order valence-corrected chi connectivity index (χ0v) is 77.9. The number of hydrogen-bond donors (Lipinski definition) is 15. The van der Waals surface area contributed by atoms with Gasteiger partial charge in [0, 0.05) is 142 Å². The minimum Gasteiger partial charge on any atom is -0.466 e. The molecule has 740 valence electrons. The van der Waals surface area contributed by atoms with E-state index in [1.165, 1.54) is 13.8 Å². The van der Waals surface area contributed by atoms with Crippen LogP contribution in [0.1, 0.15) is 258 Å². The van der Waals surface area contributed by atoms with Gasteiger partial charge < -0.3 is 135 Å². The van der Waals surface area contributed by atoms with Gasteiger partial charge in [-0.1, -0.05) is 79.9 Å². The maximum atomic E-state index is 14.3. The highest BCUT2D eigenvalue weighted by molar-refractivity contribution is 8.76. The van der Waals surface area contributed by atoms with E-state index in [-0.39, 0.29) is 131 Å². The molecule has 4 fully saturated rings. The molecule has 0 bridgehead atoms. The maximum Gasteiger partial charge on any atom is 0.407 e. The Morgan fingerprint density at radius 3 is 1.29 bits per heavy atom. The second-order valence-electron chi connectivity index (χ2n) is 33.9. The van der Waals surface area contributed by atoms with Crippen LogP contribution in [-0.4, -0.2) is 338 Å². The monoisotopic (exact) mass is 1870 g/mol. The summed E-state index contributed by atoms with van der Waals surface area (Å²) in [5.41, 5.74) is -0.687. The number of ketones is 3. The second-order valence-corrected chi connectivity index (χ2v) is 36.6. The molecule has 4 aliphatic heterocycles. The third kappa shape index (κ3) is 47.8. The van der Waals surface area contributed by atoms with E-state index in [4.69, 9.17) is 52.1 Å². The maximum absolute atomic E-state index is 14.3. The Bertz CT molecular complexity index is 3030. The molecule has 15 N–H and O–H groups in total. The molecule has 0 aromatic carbocycles. The van der Waals surface area contributed by atoms with Gasteiger partial charge in [-0.25, -0.2) is 9.59 Å². The SMILES string of the molecule is COC[C@H]1C[C@H](OC)CN1C(=O)CCCCC(=O)CCCSSCCC(=O)CC(CCCOC(=O)CCCCCCCNC(=O)CCCOC1OC(CO)C(O)C(O)C1NC(C)=O)(CCCOC(=O)NCCCCCCCC(=O)CCCOC1OC(CO)C(O)C(O)C1NC(C)=O)CCCOC(=O)NCCCCCCNC(=O)CCCOC1OC(CO)C(O)C(O)C1C. The highest BCUT2D eigenvalue weighted by Gasteiger charge is 2.48. The zero-order chi connectivity index (χ0) is 93.9. The van der Waals surface area contributed by atoms with E-state index in [1.54, 1.807) is 42.7 Å². The fourth-order valence-electron chi connectivity index (χ4n) is 16.0. The van der Waals surface area contributed by atoms with Gasteiger partial charge in [-0.05, 0) is 127 Å². The molecular formula is C88H155N7O31S2. The molecule has 38 nitrogen and oxygen atoms in total. The Kier molecular flexibility index (Phi) is 61.3. The number of amides is 7. The molecule has 4 saturated heterocycles. The number of hydrogen-bond acceptors (Lipinski definition) is 33. The summed E-state index contributed by atoms with van der Waals surface area (Å²) in [4.78, 5) is 143. The van der Waals surface area contributed by atoms with Gasteiger partial charge in [0.1, 0.15) is 78.3 Å². The molecule has 7 amide bonds. The summed E-state index contributed by atoms with van der Waals surface area (Å²) in [6, 6.07) is -2.19. The van der Waals surface area contributed by atoms with Crippen LogP contribution in [0.15, 0.2) is 0 Å². The van der Waals surface area contributed by atoms with Crippen LogP contribution in [-0.2, 0) is 95.3 Å². The summed E-state index contributed by atoms with van der Waals surface area (Å²) in [6.45, 7) is 5.54. The van der Waals surface area contributed by atoms with E-state index in [0.29, 0.717) is 192 Å². The molecule has 4 rings (SSSR count). The van der Waals surface area contributed by atoms with Crippen LogP contribution in [0.2, 0.25) is 0 Å². The standard InChI is InChI=1S/C88H155N7O31S2/c1-60-77(108)78(109)68(56-96)124-83(60)119-46-23-33-71(104)90-42-19-12-13-21-44-92-87(115)123-50-28-40-88(54-66(103)37-52-128-127-51-25-32-65(102)30-16-17-35-73(106)95-55-67(117-5)53-63(95)59-116-4,38-26-48-118-74(107)36-15-9-7-10-18-41-89-72(105)34-24-47-121-85-76(94-62(3)100)82(113)80(111)70(58-98)126-85)39-27-49-122-86(114)91-43-20-11-6-8-14-29-64(101)31-22-45-120-84-75(93-61(2)99)81(112)79(110)69(57-97)125-84/h60,63,67-70,75-85,96-98,108-113H,6-59H2,1-5H3,(H,89,105)(H,90,104)(H,91,114)(H,92,115)(H,93,99)(H,94,100)/t60?,63-,67+,68?,69?,70?,75?,76?,77?,78?,79?,80?,81?,82?,83?,84?,85?,88?/m1/s1. The molecule has 0 spiro atoms. The number of Topliss-reactive ketones (excluding diaryl/α,β-unsaturated/α-hetero) is 3. The predicted octanol–water partition coefficient (Wildman–Crippen LogP) is 4.61. The number of carbonyl (C=O) groups excluding carboxylic acids is 11. The molecule has 0 aliphatic carbocycles. The summed E-state index contributed by atoms with van der Waals surface area (Å²) in [5.74, 6) is -0.768. The van der Waals surface area contributed by atoms with E-state index in [1.807, 2.05) is 4.90 Å². The van der Waals surface area contributed by atoms with Crippen LogP contribution in [0.4, 0.5) is 9.59 Å². The smallest absolute Gasteiger partial charge is 0.407 e. The minimum absolute atomic E-state index is 0.00638. The molecule has 0 saturated carbocycles. The third-order valence-electron chi connectivity index (χ3n) is 23.3. The van der Waals surface area contributed by atoms with Crippen LogP contribution < -0.4 is 31.9 Å². The number of aliphatic hydroxyl groups is 9.